The van der Waals surface area contributed by atoms with Gasteiger partial charge in [0.25, 0.3) is 0 Å². The van der Waals surface area contributed by atoms with Gasteiger partial charge in [-0.1, -0.05) is 45.8 Å². The monoisotopic (exact) mass is 296 g/mol. The summed E-state index contributed by atoms with van der Waals surface area (Å²) in [4.78, 5) is 15.5. The molecule has 2 N–H and O–H groups in total. The molecular weight excluding hydrogens is 268 g/mol. The molecule has 1 amide bonds. The quantitative estimate of drug-likeness (QED) is 0.796. The van der Waals surface area contributed by atoms with E-state index in [1.54, 1.807) is 0 Å². The molecule has 4 heteroatoms. The van der Waals surface area contributed by atoms with E-state index in [4.69, 9.17) is 18.0 Å². The largest absolute Gasteiger partial charge is 0.393 e. The third kappa shape index (κ3) is 3.00. The minimum atomic E-state index is -0.0613. The first kappa shape index (κ1) is 15.7. The smallest absolute Gasteiger partial charge is 0.226 e. The third-order valence-electron chi connectivity index (χ3n) is 5.58. The van der Waals surface area contributed by atoms with E-state index in [-0.39, 0.29) is 16.7 Å². The van der Waals surface area contributed by atoms with Crippen molar-refractivity contribution in [3.05, 3.63) is 0 Å². The van der Waals surface area contributed by atoms with E-state index in [2.05, 4.69) is 25.7 Å². The van der Waals surface area contributed by atoms with Crippen LogP contribution in [0.2, 0.25) is 0 Å². The first-order chi connectivity index (χ1) is 9.26. The average Bonchev–Trinajstić information content (AvgIpc) is 2.38. The van der Waals surface area contributed by atoms with Gasteiger partial charge in [-0.2, -0.15) is 0 Å². The number of carbonyl (C=O) groups excluding carboxylic acids is 1. The molecule has 1 unspecified atom stereocenters. The molecule has 20 heavy (non-hydrogen) atoms. The molecule has 0 spiro atoms. The average molecular weight is 296 g/mol. The van der Waals surface area contributed by atoms with E-state index in [9.17, 15) is 4.79 Å². The van der Waals surface area contributed by atoms with Gasteiger partial charge in [0, 0.05) is 24.4 Å². The minimum absolute atomic E-state index is 0.0613. The van der Waals surface area contributed by atoms with Crippen molar-refractivity contribution in [3.8, 4) is 0 Å². The summed E-state index contributed by atoms with van der Waals surface area (Å²) >= 11 is 5.17. The highest BCUT2D eigenvalue weighted by molar-refractivity contribution is 7.80. The Balaban J connectivity index is 2.00. The summed E-state index contributed by atoms with van der Waals surface area (Å²) in [6.07, 6.45) is 6.48. The number of amides is 1. The molecule has 1 saturated carbocycles. The van der Waals surface area contributed by atoms with E-state index >= 15 is 0 Å². The second kappa shape index (κ2) is 5.63. The lowest BCUT2D eigenvalue weighted by molar-refractivity contribution is -0.142. The molecule has 2 rings (SSSR count). The Morgan fingerprint density at radius 1 is 1.15 bits per heavy atom. The number of hydrogen-bond acceptors (Lipinski definition) is 2. The minimum Gasteiger partial charge on any atom is -0.393 e. The number of nitrogens with two attached hydrogens (primary N) is 1. The summed E-state index contributed by atoms with van der Waals surface area (Å²) < 4.78 is 0. The fourth-order valence-electron chi connectivity index (χ4n) is 3.64. The highest BCUT2D eigenvalue weighted by Gasteiger charge is 2.41. The van der Waals surface area contributed by atoms with Gasteiger partial charge < -0.3 is 10.6 Å². The molecule has 1 aliphatic carbocycles. The molecule has 1 saturated heterocycles. The zero-order chi connectivity index (χ0) is 15.0. The second-order valence-electron chi connectivity index (χ2n) is 7.54. The van der Waals surface area contributed by atoms with Crippen molar-refractivity contribution in [3.63, 3.8) is 0 Å². The van der Waals surface area contributed by atoms with E-state index in [0.29, 0.717) is 10.9 Å². The number of likely N-dealkylation sites (tertiary alicyclic amines) is 1. The number of hydrogen-bond donors (Lipinski definition) is 1. The molecule has 0 radical (unpaired) electrons. The third-order valence-corrected chi connectivity index (χ3v) is 6.07. The predicted molar refractivity (Wildman–Crippen MR) is 86.4 cm³/mol. The van der Waals surface area contributed by atoms with Crippen molar-refractivity contribution in [2.75, 3.05) is 13.1 Å². The summed E-state index contributed by atoms with van der Waals surface area (Å²) in [5, 5.41) is 0. The number of rotatable bonds is 2. The normalized spacial score (nSPS) is 28.9. The van der Waals surface area contributed by atoms with Gasteiger partial charge in [-0.3, -0.25) is 4.79 Å². The molecule has 1 heterocycles. The standard InChI is InChI=1S/C16H28N2OS/c1-15(2)7-5-4-6-12(15)13(19)18-10-8-16(3,9-11-18)14(17)20/h12H,4-11H2,1-3H3,(H2,17,20). The Morgan fingerprint density at radius 3 is 2.25 bits per heavy atom. The molecule has 0 aromatic rings. The van der Waals surface area contributed by atoms with Gasteiger partial charge in [0.05, 0.1) is 4.99 Å². The molecule has 114 valence electrons. The van der Waals surface area contributed by atoms with E-state index in [1.807, 2.05) is 0 Å². The van der Waals surface area contributed by atoms with Gasteiger partial charge >= 0.3 is 0 Å². The predicted octanol–water partition coefficient (Wildman–Crippen LogP) is 3.12. The Labute approximate surface area is 128 Å². The van der Waals surface area contributed by atoms with Crippen LogP contribution in [0.1, 0.15) is 59.3 Å². The zero-order valence-electron chi connectivity index (χ0n) is 13.1. The molecule has 0 aromatic carbocycles. The Bertz CT molecular complexity index is 397. The van der Waals surface area contributed by atoms with Crippen molar-refractivity contribution in [2.24, 2.45) is 22.5 Å². The Kier molecular flexibility index (Phi) is 4.43. The van der Waals surface area contributed by atoms with Crippen LogP contribution in [0.4, 0.5) is 0 Å². The van der Waals surface area contributed by atoms with Crippen LogP contribution in [0.15, 0.2) is 0 Å². The number of carbonyl (C=O) groups is 1. The molecule has 3 nitrogen and oxygen atoms in total. The van der Waals surface area contributed by atoms with Crippen molar-refractivity contribution >= 4 is 23.1 Å². The number of piperidine rings is 1. The van der Waals surface area contributed by atoms with E-state index in [1.165, 1.54) is 19.3 Å². The Hall–Kier alpha value is -0.640. The molecule has 0 aromatic heterocycles. The van der Waals surface area contributed by atoms with Gasteiger partial charge in [0.15, 0.2) is 0 Å². The van der Waals surface area contributed by atoms with Crippen LogP contribution >= 0.6 is 12.2 Å². The van der Waals surface area contributed by atoms with Crippen LogP contribution in [-0.2, 0) is 4.79 Å². The summed E-state index contributed by atoms with van der Waals surface area (Å²) in [7, 11) is 0. The van der Waals surface area contributed by atoms with Crippen molar-refractivity contribution in [2.45, 2.75) is 59.3 Å². The maximum atomic E-state index is 12.8. The summed E-state index contributed by atoms with van der Waals surface area (Å²) in [5.74, 6) is 0.560. The molecule has 1 aliphatic heterocycles. The summed E-state index contributed by atoms with van der Waals surface area (Å²) in [5.41, 5.74) is 5.93. The van der Waals surface area contributed by atoms with Crippen LogP contribution in [0.5, 0.6) is 0 Å². The molecule has 0 bridgehead atoms. The van der Waals surface area contributed by atoms with Gasteiger partial charge in [0.2, 0.25) is 5.91 Å². The maximum Gasteiger partial charge on any atom is 0.226 e. The number of thiocarbonyl (C=S) groups is 1. The summed E-state index contributed by atoms with van der Waals surface area (Å²) in [6, 6.07) is 0. The molecule has 2 fully saturated rings. The van der Waals surface area contributed by atoms with Crippen LogP contribution in [0, 0.1) is 16.7 Å². The second-order valence-corrected chi connectivity index (χ2v) is 7.98. The maximum absolute atomic E-state index is 12.8. The van der Waals surface area contributed by atoms with Gasteiger partial charge in [-0.05, 0) is 31.1 Å². The van der Waals surface area contributed by atoms with Crippen LogP contribution < -0.4 is 5.73 Å². The molecule has 1 atom stereocenters. The van der Waals surface area contributed by atoms with Gasteiger partial charge in [0.1, 0.15) is 0 Å². The zero-order valence-corrected chi connectivity index (χ0v) is 13.9. The van der Waals surface area contributed by atoms with Crippen LogP contribution in [0.25, 0.3) is 0 Å². The first-order valence-electron chi connectivity index (χ1n) is 7.85. The van der Waals surface area contributed by atoms with Crippen LogP contribution in [-0.4, -0.2) is 28.9 Å². The fraction of sp³-hybridized carbons (Fsp3) is 0.875. The SMILES string of the molecule is CC1(C(N)=S)CCN(C(=O)C2CCCCC2(C)C)CC1. The van der Waals surface area contributed by atoms with Crippen molar-refractivity contribution in [1.82, 2.24) is 4.90 Å². The van der Waals surface area contributed by atoms with Gasteiger partial charge in [-0.15, -0.1) is 0 Å². The van der Waals surface area contributed by atoms with Gasteiger partial charge in [-0.25, -0.2) is 0 Å². The van der Waals surface area contributed by atoms with Crippen molar-refractivity contribution < 1.29 is 4.79 Å². The Morgan fingerprint density at radius 2 is 1.75 bits per heavy atom. The van der Waals surface area contributed by atoms with Crippen molar-refractivity contribution in [1.29, 1.82) is 0 Å². The molecule has 2 aliphatic rings. The summed E-state index contributed by atoms with van der Waals surface area (Å²) in [6.45, 7) is 8.23. The van der Waals surface area contributed by atoms with E-state index < -0.39 is 0 Å². The molecular formula is C16H28N2OS. The fourth-order valence-corrected chi connectivity index (χ4v) is 3.84. The number of nitrogens with zero attached hydrogens (tertiary/aromatic N) is 1. The topological polar surface area (TPSA) is 46.3 Å². The lowest BCUT2D eigenvalue weighted by Crippen LogP contribution is -2.50. The highest BCUT2D eigenvalue weighted by Crippen LogP contribution is 2.42. The first-order valence-corrected chi connectivity index (χ1v) is 8.26. The highest BCUT2D eigenvalue weighted by atomic mass is 32.1. The van der Waals surface area contributed by atoms with Crippen LogP contribution in [0.3, 0.4) is 0 Å². The van der Waals surface area contributed by atoms with E-state index in [0.717, 1.165) is 32.4 Å². The lowest BCUT2D eigenvalue weighted by atomic mass is 9.68. The lowest BCUT2D eigenvalue weighted by Gasteiger charge is -2.44.